The topological polar surface area (TPSA) is 62.1 Å². The Morgan fingerprint density at radius 1 is 0.679 bits per heavy atom. The van der Waals surface area contributed by atoms with Crippen LogP contribution in [-0.2, 0) is 30.3 Å². The van der Waals surface area contributed by atoms with E-state index in [0.29, 0.717) is 54.3 Å². The van der Waals surface area contributed by atoms with Crippen LogP contribution in [0.25, 0.3) is 21.5 Å². The van der Waals surface area contributed by atoms with Crippen LogP contribution in [0.15, 0.2) is 120 Å². The molecule has 1 fully saturated rings. The van der Waals surface area contributed by atoms with E-state index in [2.05, 4.69) is 86.0 Å². The van der Waals surface area contributed by atoms with Crippen molar-refractivity contribution in [1.29, 1.82) is 0 Å². The van der Waals surface area contributed by atoms with E-state index in [4.69, 9.17) is 9.47 Å². The summed E-state index contributed by atoms with van der Waals surface area (Å²) in [6.07, 6.45) is 8.24. The van der Waals surface area contributed by atoms with Crippen LogP contribution in [0.1, 0.15) is 51.7 Å². The summed E-state index contributed by atoms with van der Waals surface area (Å²) in [6, 6.07) is 24.9. The minimum Gasteiger partial charge on any atom is -0.383 e. The van der Waals surface area contributed by atoms with Gasteiger partial charge in [-0.1, -0.05) is 101 Å². The van der Waals surface area contributed by atoms with E-state index in [1.54, 1.807) is 14.2 Å². The van der Waals surface area contributed by atoms with Gasteiger partial charge in [-0.3, -0.25) is 0 Å². The van der Waals surface area contributed by atoms with Crippen molar-refractivity contribution in [2.45, 2.75) is 56.9 Å². The molecule has 0 unspecified atom stereocenters. The van der Waals surface area contributed by atoms with Gasteiger partial charge in [0, 0.05) is 72.1 Å². The lowest BCUT2D eigenvalue weighted by atomic mass is 9.81. The second-order valence-corrected chi connectivity index (χ2v) is 17.6. The maximum atomic E-state index is 14.2. The number of anilines is 2. The van der Waals surface area contributed by atoms with Crippen molar-refractivity contribution >= 4 is 48.7 Å². The lowest BCUT2D eigenvalue weighted by molar-refractivity contribution is -0.340. The molecule has 3 aliphatic rings. The van der Waals surface area contributed by atoms with Gasteiger partial charge in [0.1, 0.15) is 0 Å². The van der Waals surface area contributed by atoms with Crippen LogP contribution in [0, 0.1) is 0 Å². The van der Waals surface area contributed by atoms with Crippen molar-refractivity contribution in [3.63, 3.8) is 0 Å². The van der Waals surface area contributed by atoms with Gasteiger partial charge in [-0.05, 0) is 69.8 Å². The van der Waals surface area contributed by atoms with E-state index >= 15 is 0 Å². The molecule has 0 aromatic heterocycles. The molecule has 0 N–H and O–H groups in total. The van der Waals surface area contributed by atoms with Crippen LogP contribution >= 0.6 is 0 Å². The van der Waals surface area contributed by atoms with Crippen molar-refractivity contribution in [1.82, 2.24) is 0 Å². The minimum absolute atomic E-state index is 0.0421. The summed E-state index contributed by atoms with van der Waals surface area (Å²) < 4.78 is 80.2. The summed E-state index contributed by atoms with van der Waals surface area (Å²) in [4.78, 5) is 4.40. The number of alkyl halides is 3. The highest BCUT2D eigenvalue weighted by molar-refractivity contribution is 7.86. The summed E-state index contributed by atoms with van der Waals surface area (Å²) in [5.41, 5.74) is 0.905. The van der Waals surface area contributed by atoms with Gasteiger partial charge >= 0.3 is 15.5 Å². The van der Waals surface area contributed by atoms with Crippen molar-refractivity contribution in [3.8, 4) is 0 Å². The standard InChI is InChI=1S/C45H49F3N3O4S/c1-43(2)38(50(26-28-54-6)36-22-18-30-12-8-10-14-34(30)40(36)43)24-20-32-16-17-33(42(32)49(5)56(52,53)45(46,47)48)21-25-39-44(3,4)41-35-15-11-9-13-31(35)19-23-37(41)51(39)27-29-55-7/h8-15,18-25H,16-17,26-29H2,1-7H3/q+1. The summed E-state index contributed by atoms with van der Waals surface area (Å²) in [5, 5.41) is 4.48. The molecule has 4 aromatic carbocycles. The molecular formula is C45H49F3N3O4S+. The first-order valence-electron chi connectivity index (χ1n) is 18.9. The van der Waals surface area contributed by atoms with E-state index in [1.807, 2.05) is 48.6 Å². The molecular weight excluding hydrogens is 736 g/mol. The molecule has 1 saturated carbocycles. The number of hydrogen-bond donors (Lipinski definition) is 0. The predicted molar refractivity (Wildman–Crippen MR) is 220 cm³/mol. The number of nitrogens with zero attached hydrogens (tertiary/aromatic N) is 3. The lowest BCUT2D eigenvalue weighted by Gasteiger charge is -2.27. The van der Waals surface area contributed by atoms with Gasteiger partial charge in [0.2, 0.25) is 5.71 Å². The molecule has 0 saturated heterocycles. The Balaban J connectivity index is 1.37. The third-order valence-corrected chi connectivity index (χ3v) is 13.2. The molecule has 0 bridgehead atoms. The highest BCUT2D eigenvalue weighted by Gasteiger charge is 2.55. The first-order valence-corrected chi connectivity index (χ1v) is 20.3. The van der Waals surface area contributed by atoms with Crippen LogP contribution in [0.4, 0.5) is 24.5 Å². The Morgan fingerprint density at radius 2 is 1.09 bits per heavy atom. The highest BCUT2D eigenvalue weighted by Crippen LogP contribution is 2.52. The molecule has 2 aliphatic heterocycles. The van der Waals surface area contributed by atoms with Gasteiger partial charge in [0.15, 0.2) is 7.05 Å². The fourth-order valence-corrected chi connectivity index (χ4v) is 9.78. The fraction of sp³-hybridized carbons (Fsp3) is 0.356. The number of benzene rings is 4. The normalized spacial score (nSPS) is 20.7. The van der Waals surface area contributed by atoms with Crippen molar-refractivity contribution in [3.05, 3.63) is 131 Å². The number of sulfonamides is 1. The number of halogens is 3. The molecule has 294 valence electrons. The molecule has 7 nitrogen and oxygen atoms in total. The zero-order valence-corrected chi connectivity index (χ0v) is 33.8. The van der Waals surface area contributed by atoms with E-state index in [0.717, 1.165) is 62.5 Å². The van der Waals surface area contributed by atoms with Crippen molar-refractivity contribution < 1.29 is 35.0 Å². The number of rotatable bonds is 9. The molecule has 0 atom stereocenters. The molecule has 4 aromatic rings. The average molecular weight is 785 g/mol. The summed E-state index contributed by atoms with van der Waals surface area (Å²) in [7, 11) is -1.40. The van der Waals surface area contributed by atoms with E-state index in [9.17, 15) is 21.6 Å². The zero-order chi connectivity index (χ0) is 40.2. The Bertz CT molecular complexity index is 2350. The Hall–Kier alpha value is -4.71. The molecule has 7 rings (SSSR count). The van der Waals surface area contributed by atoms with Crippen LogP contribution < -0.4 is 9.80 Å². The maximum Gasteiger partial charge on any atom is 0.560 e. The van der Waals surface area contributed by atoms with Gasteiger partial charge in [0.05, 0.1) is 13.2 Å². The summed E-state index contributed by atoms with van der Waals surface area (Å²) >= 11 is 0. The predicted octanol–water partition coefficient (Wildman–Crippen LogP) is 9.53. The van der Waals surface area contributed by atoms with Crippen LogP contribution in [0.2, 0.25) is 0 Å². The average Bonchev–Trinajstić information content (AvgIpc) is 3.74. The first kappa shape index (κ1) is 39.5. The first-order chi connectivity index (χ1) is 26.6. The third-order valence-electron chi connectivity index (χ3n) is 11.7. The van der Waals surface area contributed by atoms with Crippen LogP contribution in [0.5, 0.6) is 0 Å². The van der Waals surface area contributed by atoms with Gasteiger partial charge < -0.3 is 19.3 Å². The van der Waals surface area contributed by atoms with Gasteiger partial charge in [0.25, 0.3) is 0 Å². The molecule has 0 radical (unpaired) electrons. The fourth-order valence-electron chi connectivity index (χ4n) is 8.99. The smallest absolute Gasteiger partial charge is 0.383 e. The van der Waals surface area contributed by atoms with Crippen molar-refractivity contribution in [2.75, 3.05) is 57.4 Å². The number of allylic oxidation sites excluding steroid dienone is 8. The second kappa shape index (κ2) is 14.7. The molecule has 11 heteroatoms. The molecule has 56 heavy (non-hydrogen) atoms. The van der Waals surface area contributed by atoms with E-state index < -0.39 is 26.4 Å². The maximum absolute atomic E-state index is 14.2. The third kappa shape index (κ3) is 6.47. The van der Waals surface area contributed by atoms with Crippen LogP contribution in [0.3, 0.4) is 0 Å². The minimum atomic E-state index is -5.71. The molecule has 2 heterocycles. The molecule has 0 amide bonds. The van der Waals surface area contributed by atoms with Gasteiger partial charge in [-0.15, -0.1) is 3.98 Å². The van der Waals surface area contributed by atoms with Gasteiger partial charge in [-0.25, -0.2) is 0 Å². The van der Waals surface area contributed by atoms with Gasteiger partial charge in [-0.2, -0.15) is 21.6 Å². The van der Waals surface area contributed by atoms with Crippen LogP contribution in [-0.4, -0.2) is 71.2 Å². The Morgan fingerprint density at radius 3 is 1.48 bits per heavy atom. The largest absolute Gasteiger partial charge is 0.560 e. The summed E-state index contributed by atoms with van der Waals surface area (Å²) in [5.74, 6) is 0. The highest BCUT2D eigenvalue weighted by atomic mass is 32.2. The Labute approximate surface area is 327 Å². The number of ether oxygens (including phenoxy) is 2. The number of fused-ring (bicyclic) bond motifs is 6. The number of methoxy groups -OCH3 is 2. The molecule has 1 aliphatic carbocycles. The lowest BCUT2D eigenvalue weighted by Crippen LogP contribution is -2.35. The quantitative estimate of drug-likeness (QED) is 0.158. The SMILES string of the molecule is COCCN1/C(=C/C=C2\CC/C(=C\C=C3\N(CCOC)c4ccc5ccccc5c4C3(C)C)C2=[N+](C)S(=O)(=O)C(F)(F)F)C(C)(C)c2c1ccc1ccccc21. The monoisotopic (exact) mass is 784 g/mol. The number of hydrogen-bond acceptors (Lipinski definition) is 6. The second-order valence-electron chi connectivity index (χ2n) is 15.7. The van der Waals surface area contributed by atoms with E-state index in [-0.39, 0.29) is 5.71 Å². The van der Waals surface area contributed by atoms with E-state index in [1.165, 1.54) is 0 Å². The summed E-state index contributed by atoms with van der Waals surface area (Å²) in [6.45, 7) is 10.6. The molecule has 0 spiro atoms. The van der Waals surface area contributed by atoms with Crippen molar-refractivity contribution in [2.24, 2.45) is 0 Å². The zero-order valence-electron chi connectivity index (χ0n) is 33.0. The Kier molecular flexibility index (Phi) is 10.3.